The smallest absolute Gasteiger partial charge is 0.252 e. The van der Waals surface area contributed by atoms with Gasteiger partial charge in [0, 0.05) is 25.4 Å². The number of pyridine rings is 1. The van der Waals surface area contributed by atoms with Gasteiger partial charge >= 0.3 is 0 Å². The van der Waals surface area contributed by atoms with Crippen molar-refractivity contribution in [3.8, 4) is 17.2 Å². The van der Waals surface area contributed by atoms with Crippen LogP contribution >= 0.6 is 0 Å². The molecule has 0 saturated carbocycles. The lowest BCUT2D eigenvalue weighted by Gasteiger charge is -2.14. The normalized spacial score (nSPS) is 12.7. The van der Waals surface area contributed by atoms with E-state index >= 15 is 0 Å². The lowest BCUT2D eigenvalue weighted by Crippen LogP contribution is -2.29. The van der Waals surface area contributed by atoms with Crippen LogP contribution in [-0.2, 0) is 24.4 Å². The molecule has 26 heavy (non-hydrogen) atoms. The Labute approximate surface area is 148 Å². The summed E-state index contributed by atoms with van der Waals surface area (Å²) in [6.45, 7) is 1.03. The molecule has 2 aromatic heterocycles. The van der Waals surface area contributed by atoms with Crippen LogP contribution in [0.4, 0.5) is 4.39 Å². The van der Waals surface area contributed by atoms with E-state index in [1.54, 1.807) is 11.0 Å². The number of hydrogen-bond acceptors (Lipinski definition) is 5. The average Bonchev–Trinajstić information content (AvgIpc) is 3.27. The Kier molecular flexibility index (Phi) is 3.89. The number of halogens is 1. The van der Waals surface area contributed by atoms with Crippen LogP contribution in [0.1, 0.15) is 17.0 Å². The first-order chi connectivity index (χ1) is 12.6. The number of amides is 1. The predicted octanol–water partition coefficient (Wildman–Crippen LogP) is 1.89. The Bertz CT molecular complexity index is 1040. The van der Waals surface area contributed by atoms with Gasteiger partial charge in [0.15, 0.2) is 0 Å². The summed E-state index contributed by atoms with van der Waals surface area (Å²) in [7, 11) is 0. The maximum atomic E-state index is 13.3. The van der Waals surface area contributed by atoms with Gasteiger partial charge in [0.25, 0.3) is 5.82 Å². The SMILES string of the molecule is N#Cc1ncn(CC(=O)N2Cc3ccc(-c4ccnc(F)c4)cc3C2)n1. The molecule has 128 valence electrons. The van der Waals surface area contributed by atoms with Crippen molar-refractivity contribution in [1.29, 1.82) is 5.26 Å². The van der Waals surface area contributed by atoms with Gasteiger partial charge in [-0.2, -0.15) is 9.65 Å². The van der Waals surface area contributed by atoms with Crippen LogP contribution in [0.3, 0.4) is 0 Å². The second kappa shape index (κ2) is 6.37. The van der Waals surface area contributed by atoms with E-state index in [9.17, 15) is 9.18 Å². The average molecular weight is 348 g/mol. The molecule has 1 aromatic carbocycles. The molecule has 0 unspecified atom stereocenters. The van der Waals surface area contributed by atoms with Crippen LogP contribution in [0.5, 0.6) is 0 Å². The summed E-state index contributed by atoms with van der Waals surface area (Å²) < 4.78 is 14.7. The van der Waals surface area contributed by atoms with Crippen molar-refractivity contribution in [3.05, 3.63) is 65.8 Å². The third-order valence-corrected chi connectivity index (χ3v) is 4.28. The summed E-state index contributed by atoms with van der Waals surface area (Å²) in [4.78, 5) is 21.6. The Hall–Kier alpha value is -3.60. The number of rotatable bonds is 3. The fraction of sp³-hybridized carbons (Fsp3) is 0.167. The molecule has 0 saturated heterocycles. The molecule has 3 aromatic rings. The Morgan fingerprint density at radius 2 is 1.96 bits per heavy atom. The summed E-state index contributed by atoms with van der Waals surface area (Å²) in [5, 5.41) is 12.6. The van der Waals surface area contributed by atoms with E-state index in [0.717, 1.165) is 22.3 Å². The first-order valence-corrected chi connectivity index (χ1v) is 7.93. The van der Waals surface area contributed by atoms with Gasteiger partial charge < -0.3 is 4.90 Å². The highest BCUT2D eigenvalue weighted by atomic mass is 19.1. The van der Waals surface area contributed by atoms with Crippen LogP contribution in [0.2, 0.25) is 0 Å². The van der Waals surface area contributed by atoms with Gasteiger partial charge in [-0.3, -0.25) is 4.79 Å². The second-order valence-corrected chi connectivity index (χ2v) is 5.98. The quantitative estimate of drug-likeness (QED) is 0.675. The van der Waals surface area contributed by atoms with E-state index in [4.69, 9.17) is 5.26 Å². The number of benzene rings is 1. The lowest BCUT2D eigenvalue weighted by molar-refractivity contribution is -0.132. The molecule has 8 heteroatoms. The monoisotopic (exact) mass is 348 g/mol. The molecule has 0 radical (unpaired) electrons. The molecular formula is C18H13FN6O. The first kappa shape index (κ1) is 15.9. The molecule has 0 spiro atoms. The minimum absolute atomic E-state index is 0.0328. The van der Waals surface area contributed by atoms with Crippen LogP contribution in [-0.4, -0.2) is 30.6 Å². The zero-order valence-electron chi connectivity index (χ0n) is 13.6. The van der Waals surface area contributed by atoms with Crippen molar-refractivity contribution in [2.45, 2.75) is 19.6 Å². The third kappa shape index (κ3) is 3.02. The van der Waals surface area contributed by atoms with Crippen LogP contribution in [0.15, 0.2) is 42.9 Å². The van der Waals surface area contributed by atoms with Crippen molar-refractivity contribution in [3.63, 3.8) is 0 Å². The molecule has 1 amide bonds. The Morgan fingerprint density at radius 1 is 1.15 bits per heavy atom. The fourth-order valence-corrected chi connectivity index (χ4v) is 2.99. The summed E-state index contributed by atoms with van der Waals surface area (Å²) in [5.74, 6) is -0.590. The van der Waals surface area contributed by atoms with E-state index in [1.807, 2.05) is 24.3 Å². The molecule has 0 aliphatic carbocycles. The topological polar surface area (TPSA) is 87.7 Å². The Balaban J connectivity index is 1.50. The fourth-order valence-electron chi connectivity index (χ4n) is 2.99. The largest absolute Gasteiger partial charge is 0.332 e. The van der Waals surface area contributed by atoms with Gasteiger partial charge in [0.1, 0.15) is 18.9 Å². The number of hydrogen-bond donors (Lipinski definition) is 0. The number of fused-ring (bicyclic) bond motifs is 1. The van der Waals surface area contributed by atoms with E-state index in [2.05, 4.69) is 15.1 Å². The van der Waals surface area contributed by atoms with Gasteiger partial charge in [-0.15, -0.1) is 5.10 Å². The molecule has 0 bridgehead atoms. The molecule has 1 aliphatic heterocycles. The number of nitriles is 1. The van der Waals surface area contributed by atoms with Crippen molar-refractivity contribution < 1.29 is 9.18 Å². The number of aromatic nitrogens is 4. The van der Waals surface area contributed by atoms with Crippen LogP contribution in [0, 0.1) is 17.3 Å². The highest BCUT2D eigenvalue weighted by molar-refractivity contribution is 5.77. The highest BCUT2D eigenvalue weighted by Crippen LogP contribution is 2.28. The van der Waals surface area contributed by atoms with E-state index in [-0.39, 0.29) is 18.3 Å². The predicted molar refractivity (Wildman–Crippen MR) is 88.6 cm³/mol. The summed E-state index contributed by atoms with van der Waals surface area (Å²) in [5.41, 5.74) is 3.73. The summed E-state index contributed by atoms with van der Waals surface area (Å²) in [6, 6.07) is 10.8. The number of nitrogens with zero attached hydrogens (tertiary/aromatic N) is 6. The van der Waals surface area contributed by atoms with Crippen LogP contribution < -0.4 is 0 Å². The van der Waals surface area contributed by atoms with E-state index < -0.39 is 5.95 Å². The standard InChI is InChI=1S/C18H13FN6O/c19-16-6-13(3-4-21-16)12-1-2-14-8-24(9-15(14)5-12)18(26)10-25-11-22-17(7-20)23-25/h1-6,11H,8-10H2. The minimum atomic E-state index is -0.524. The molecule has 1 aliphatic rings. The summed E-state index contributed by atoms with van der Waals surface area (Å²) >= 11 is 0. The zero-order chi connectivity index (χ0) is 18.1. The summed E-state index contributed by atoms with van der Waals surface area (Å²) in [6.07, 6.45) is 2.80. The van der Waals surface area contributed by atoms with Gasteiger partial charge in [-0.05, 0) is 34.4 Å². The Morgan fingerprint density at radius 3 is 2.73 bits per heavy atom. The van der Waals surface area contributed by atoms with Gasteiger partial charge in [0.2, 0.25) is 11.9 Å². The molecular weight excluding hydrogens is 335 g/mol. The lowest BCUT2D eigenvalue weighted by atomic mass is 10.0. The van der Waals surface area contributed by atoms with Gasteiger partial charge in [-0.1, -0.05) is 12.1 Å². The molecule has 3 heterocycles. The van der Waals surface area contributed by atoms with E-state index in [1.165, 1.54) is 23.3 Å². The minimum Gasteiger partial charge on any atom is -0.332 e. The maximum Gasteiger partial charge on any atom is 0.252 e. The third-order valence-electron chi connectivity index (χ3n) is 4.28. The first-order valence-electron chi connectivity index (χ1n) is 7.93. The van der Waals surface area contributed by atoms with Gasteiger partial charge in [-0.25, -0.2) is 14.6 Å². The van der Waals surface area contributed by atoms with Crippen molar-refractivity contribution >= 4 is 5.91 Å². The number of carbonyl (C=O) groups is 1. The van der Waals surface area contributed by atoms with Gasteiger partial charge in [0.05, 0.1) is 0 Å². The van der Waals surface area contributed by atoms with Crippen molar-refractivity contribution in [2.75, 3.05) is 0 Å². The van der Waals surface area contributed by atoms with Crippen molar-refractivity contribution in [2.24, 2.45) is 0 Å². The highest BCUT2D eigenvalue weighted by Gasteiger charge is 2.24. The molecule has 7 nitrogen and oxygen atoms in total. The zero-order valence-corrected chi connectivity index (χ0v) is 13.6. The molecule has 0 N–H and O–H groups in total. The molecule has 4 rings (SSSR count). The van der Waals surface area contributed by atoms with Crippen molar-refractivity contribution in [1.82, 2.24) is 24.6 Å². The van der Waals surface area contributed by atoms with E-state index in [0.29, 0.717) is 13.1 Å². The molecule has 0 atom stereocenters. The van der Waals surface area contributed by atoms with Crippen LogP contribution in [0.25, 0.3) is 11.1 Å². The maximum absolute atomic E-state index is 13.3. The second-order valence-electron chi connectivity index (χ2n) is 5.98. The number of carbonyl (C=O) groups excluding carboxylic acids is 1. The molecule has 0 fully saturated rings.